The summed E-state index contributed by atoms with van der Waals surface area (Å²) in [6.07, 6.45) is 1.41. The molecule has 5 heteroatoms. The van der Waals surface area contributed by atoms with E-state index >= 15 is 0 Å². The first-order chi connectivity index (χ1) is 9.02. The van der Waals surface area contributed by atoms with E-state index in [1.807, 2.05) is 0 Å². The number of alkyl halides is 3. The van der Waals surface area contributed by atoms with Crippen molar-refractivity contribution in [3.63, 3.8) is 0 Å². The van der Waals surface area contributed by atoms with E-state index in [9.17, 15) is 13.2 Å². The minimum absolute atomic E-state index is 0.00699. The SMILES string of the molecule is CN(CC(F)(F)F)CC1(CNC(C)(C)C)CCCCC1. The van der Waals surface area contributed by atoms with Crippen molar-refractivity contribution < 1.29 is 13.2 Å². The van der Waals surface area contributed by atoms with Crippen LogP contribution in [0.3, 0.4) is 0 Å². The molecule has 1 saturated carbocycles. The second-order valence-corrected chi connectivity index (χ2v) is 7.45. The lowest BCUT2D eigenvalue weighted by atomic mass is 9.73. The number of nitrogens with zero attached hydrogens (tertiary/aromatic N) is 1. The van der Waals surface area contributed by atoms with E-state index in [1.54, 1.807) is 7.05 Å². The summed E-state index contributed by atoms with van der Waals surface area (Å²) in [5.41, 5.74) is -0.00141. The Morgan fingerprint density at radius 3 is 2.05 bits per heavy atom. The summed E-state index contributed by atoms with van der Waals surface area (Å²) in [6, 6.07) is 0. The normalized spacial score (nSPS) is 20.4. The molecule has 1 aliphatic carbocycles. The zero-order valence-corrected chi connectivity index (χ0v) is 13.2. The topological polar surface area (TPSA) is 15.3 Å². The van der Waals surface area contributed by atoms with Gasteiger partial charge >= 0.3 is 6.18 Å². The maximum absolute atomic E-state index is 12.5. The zero-order valence-electron chi connectivity index (χ0n) is 13.2. The minimum atomic E-state index is -4.11. The van der Waals surface area contributed by atoms with Gasteiger partial charge in [-0.2, -0.15) is 13.2 Å². The van der Waals surface area contributed by atoms with Crippen LogP contribution >= 0.6 is 0 Å². The third kappa shape index (κ3) is 6.93. The van der Waals surface area contributed by atoms with Gasteiger partial charge in [0.2, 0.25) is 0 Å². The number of nitrogens with one attached hydrogen (secondary N) is 1. The summed E-state index contributed by atoms with van der Waals surface area (Å²) in [6.45, 7) is 6.81. The molecule has 0 radical (unpaired) electrons. The van der Waals surface area contributed by atoms with Crippen LogP contribution in [0.15, 0.2) is 0 Å². The van der Waals surface area contributed by atoms with E-state index in [0.29, 0.717) is 6.54 Å². The fourth-order valence-corrected chi connectivity index (χ4v) is 3.08. The summed E-state index contributed by atoms with van der Waals surface area (Å²) in [5, 5.41) is 3.49. The van der Waals surface area contributed by atoms with Crippen molar-refractivity contribution in [2.45, 2.75) is 64.6 Å². The van der Waals surface area contributed by atoms with Crippen LogP contribution in [0.5, 0.6) is 0 Å². The molecule has 0 aromatic heterocycles. The Morgan fingerprint density at radius 1 is 1.05 bits per heavy atom. The first-order valence-corrected chi connectivity index (χ1v) is 7.52. The van der Waals surface area contributed by atoms with E-state index in [-0.39, 0.29) is 11.0 Å². The van der Waals surface area contributed by atoms with Crippen LogP contribution in [0.1, 0.15) is 52.9 Å². The van der Waals surface area contributed by atoms with E-state index in [4.69, 9.17) is 0 Å². The molecule has 0 unspecified atom stereocenters. The molecule has 0 aliphatic heterocycles. The number of hydrogen-bond donors (Lipinski definition) is 1. The van der Waals surface area contributed by atoms with Crippen LogP contribution in [0.25, 0.3) is 0 Å². The standard InChI is InChI=1S/C15H29F3N2/c1-13(2,3)19-10-14(8-6-5-7-9-14)11-20(4)12-15(16,17)18/h19H,5-12H2,1-4H3. The molecule has 1 fully saturated rings. The van der Waals surface area contributed by atoms with Gasteiger partial charge < -0.3 is 5.32 Å². The molecule has 0 bridgehead atoms. The second-order valence-electron chi connectivity index (χ2n) is 7.45. The molecule has 1 aliphatic rings. The summed E-state index contributed by atoms with van der Waals surface area (Å²) >= 11 is 0. The molecule has 120 valence electrons. The fraction of sp³-hybridized carbons (Fsp3) is 1.00. The highest BCUT2D eigenvalue weighted by Gasteiger charge is 2.37. The summed E-state index contributed by atoms with van der Waals surface area (Å²) in [7, 11) is 1.58. The van der Waals surface area contributed by atoms with Crippen LogP contribution in [0, 0.1) is 5.41 Å². The molecule has 0 aromatic rings. The van der Waals surface area contributed by atoms with Crippen LogP contribution in [-0.2, 0) is 0 Å². The van der Waals surface area contributed by atoms with Gasteiger partial charge in [-0.05, 0) is 46.1 Å². The maximum Gasteiger partial charge on any atom is 0.401 e. The highest BCUT2D eigenvalue weighted by Crippen LogP contribution is 2.37. The molecule has 2 nitrogen and oxygen atoms in total. The van der Waals surface area contributed by atoms with Crippen molar-refractivity contribution in [3.8, 4) is 0 Å². The fourth-order valence-electron chi connectivity index (χ4n) is 3.08. The maximum atomic E-state index is 12.5. The molecule has 1 N–H and O–H groups in total. The van der Waals surface area contributed by atoms with E-state index in [0.717, 1.165) is 32.2 Å². The monoisotopic (exact) mass is 294 g/mol. The van der Waals surface area contributed by atoms with Gasteiger partial charge in [0.15, 0.2) is 0 Å². The summed E-state index contributed by atoms with van der Waals surface area (Å²) < 4.78 is 37.5. The number of hydrogen-bond acceptors (Lipinski definition) is 2. The molecule has 0 saturated heterocycles. The number of rotatable bonds is 5. The Balaban J connectivity index is 2.63. The lowest BCUT2D eigenvalue weighted by molar-refractivity contribution is -0.146. The lowest BCUT2D eigenvalue weighted by Gasteiger charge is -2.42. The van der Waals surface area contributed by atoms with Crippen LogP contribution < -0.4 is 5.32 Å². The second kappa shape index (κ2) is 6.65. The quantitative estimate of drug-likeness (QED) is 0.829. The minimum Gasteiger partial charge on any atom is -0.311 e. The Morgan fingerprint density at radius 2 is 1.60 bits per heavy atom. The van der Waals surface area contributed by atoms with Crippen LogP contribution in [-0.4, -0.2) is 43.3 Å². The molecule has 0 atom stereocenters. The van der Waals surface area contributed by atoms with Crippen molar-refractivity contribution >= 4 is 0 Å². The molecule has 20 heavy (non-hydrogen) atoms. The number of halogens is 3. The largest absolute Gasteiger partial charge is 0.401 e. The summed E-state index contributed by atoms with van der Waals surface area (Å²) in [5.74, 6) is 0. The van der Waals surface area contributed by atoms with E-state index < -0.39 is 12.7 Å². The third-order valence-corrected chi connectivity index (χ3v) is 3.96. The average molecular weight is 294 g/mol. The highest BCUT2D eigenvalue weighted by molar-refractivity contribution is 4.89. The van der Waals surface area contributed by atoms with E-state index in [2.05, 4.69) is 26.1 Å². The Bertz CT molecular complexity index is 288. The van der Waals surface area contributed by atoms with Gasteiger partial charge in [0, 0.05) is 18.6 Å². The van der Waals surface area contributed by atoms with Gasteiger partial charge in [0.05, 0.1) is 6.54 Å². The van der Waals surface area contributed by atoms with Crippen LogP contribution in [0.4, 0.5) is 13.2 Å². The molecule has 0 aromatic carbocycles. The van der Waals surface area contributed by atoms with Gasteiger partial charge in [0.1, 0.15) is 0 Å². The van der Waals surface area contributed by atoms with Gasteiger partial charge in [-0.1, -0.05) is 19.3 Å². The van der Waals surface area contributed by atoms with Crippen LogP contribution in [0.2, 0.25) is 0 Å². The predicted molar refractivity (Wildman–Crippen MR) is 76.8 cm³/mol. The van der Waals surface area contributed by atoms with Crippen molar-refractivity contribution in [3.05, 3.63) is 0 Å². The highest BCUT2D eigenvalue weighted by atomic mass is 19.4. The van der Waals surface area contributed by atoms with Gasteiger partial charge in [-0.25, -0.2) is 0 Å². The van der Waals surface area contributed by atoms with Gasteiger partial charge in [-0.15, -0.1) is 0 Å². The van der Waals surface area contributed by atoms with Crippen molar-refractivity contribution in [2.24, 2.45) is 5.41 Å². The summed E-state index contributed by atoms with van der Waals surface area (Å²) in [4.78, 5) is 1.44. The molecular weight excluding hydrogens is 265 g/mol. The molecule has 0 heterocycles. The van der Waals surface area contributed by atoms with Gasteiger partial charge in [0.25, 0.3) is 0 Å². The smallest absolute Gasteiger partial charge is 0.311 e. The third-order valence-electron chi connectivity index (χ3n) is 3.96. The molecule has 0 amide bonds. The Hall–Kier alpha value is -0.290. The van der Waals surface area contributed by atoms with E-state index in [1.165, 1.54) is 11.3 Å². The predicted octanol–water partition coefficient (Wildman–Crippen LogP) is 3.82. The average Bonchev–Trinajstić information content (AvgIpc) is 2.24. The Labute approximate surface area is 121 Å². The van der Waals surface area contributed by atoms with Crippen molar-refractivity contribution in [1.29, 1.82) is 0 Å². The Kier molecular flexibility index (Phi) is 5.90. The van der Waals surface area contributed by atoms with Crippen molar-refractivity contribution in [2.75, 3.05) is 26.7 Å². The van der Waals surface area contributed by atoms with Gasteiger partial charge in [-0.3, -0.25) is 4.90 Å². The molecular formula is C15H29F3N2. The zero-order chi connectivity index (χ0) is 15.4. The lowest BCUT2D eigenvalue weighted by Crippen LogP contribution is -2.50. The molecule has 0 spiro atoms. The first-order valence-electron chi connectivity index (χ1n) is 7.52. The first kappa shape index (κ1) is 17.8. The molecule has 1 rings (SSSR count). The van der Waals surface area contributed by atoms with Crippen molar-refractivity contribution in [1.82, 2.24) is 10.2 Å².